The lowest BCUT2D eigenvalue weighted by atomic mass is 10.2. The quantitative estimate of drug-likeness (QED) is 0.612. The molecule has 100 valence electrons. The molecule has 0 aromatic carbocycles. The molecule has 7 heteroatoms. The Morgan fingerprint density at radius 2 is 2.28 bits per heavy atom. The van der Waals surface area contributed by atoms with Crippen LogP contribution in [0.1, 0.15) is 16.9 Å². The lowest BCUT2D eigenvalue weighted by Gasteiger charge is -2.17. The number of hydrogen-bond donors (Lipinski definition) is 3. The molecule has 7 nitrogen and oxygen atoms in total. The third-order valence-electron chi connectivity index (χ3n) is 2.36. The van der Waals surface area contributed by atoms with Crippen LogP contribution in [0.4, 0.5) is 5.82 Å². The molecule has 18 heavy (non-hydrogen) atoms. The van der Waals surface area contributed by atoms with Crippen LogP contribution in [0.5, 0.6) is 0 Å². The molecule has 4 N–H and O–H groups in total. The Hall–Kier alpha value is -1.73. The SMILES string of the molecule is CNC(=O)c1ccc(NC(CCN)COC)nn1. The Bertz CT molecular complexity index is 362. The van der Waals surface area contributed by atoms with Gasteiger partial charge in [0.25, 0.3) is 5.91 Å². The predicted octanol–water partition coefficient (Wildman–Crippen LogP) is -0.388. The Kier molecular flexibility index (Phi) is 6.03. The second-order valence-electron chi connectivity index (χ2n) is 3.76. The van der Waals surface area contributed by atoms with Gasteiger partial charge in [-0.15, -0.1) is 10.2 Å². The Morgan fingerprint density at radius 3 is 2.78 bits per heavy atom. The molecule has 1 heterocycles. The van der Waals surface area contributed by atoms with Gasteiger partial charge in [0.15, 0.2) is 5.69 Å². The van der Waals surface area contributed by atoms with Gasteiger partial charge >= 0.3 is 0 Å². The maximum absolute atomic E-state index is 11.3. The number of methoxy groups -OCH3 is 1. The number of rotatable bonds is 7. The van der Waals surface area contributed by atoms with Gasteiger partial charge in [-0.3, -0.25) is 4.79 Å². The smallest absolute Gasteiger partial charge is 0.271 e. The van der Waals surface area contributed by atoms with E-state index in [0.717, 1.165) is 6.42 Å². The van der Waals surface area contributed by atoms with Crippen LogP contribution in [0.2, 0.25) is 0 Å². The number of carbonyl (C=O) groups is 1. The summed E-state index contributed by atoms with van der Waals surface area (Å²) in [6, 6.07) is 3.40. The van der Waals surface area contributed by atoms with Gasteiger partial charge in [-0.25, -0.2) is 0 Å². The van der Waals surface area contributed by atoms with Crippen LogP contribution in [0, 0.1) is 0 Å². The number of nitrogens with zero attached hydrogens (tertiary/aromatic N) is 2. The molecule has 0 aliphatic carbocycles. The average molecular weight is 253 g/mol. The van der Waals surface area contributed by atoms with Gasteiger partial charge in [0.2, 0.25) is 0 Å². The molecular formula is C11H19N5O2. The Labute approximate surface area is 106 Å². The Morgan fingerprint density at radius 1 is 1.50 bits per heavy atom. The summed E-state index contributed by atoms with van der Waals surface area (Å²) in [5.74, 6) is 0.336. The van der Waals surface area contributed by atoms with Gasteiger partial charge in [-0.2, -0.15) is 0 Å². The van der Waals surface area contributed by atoms with Crippen molar-refractivity contribution in [3.8, 4) is 0 Å². The van der Waals surface area contributed by atoms with E-state index in [9.17, 15) is 4.79 Å². The predicted molar refractivity (Wildman–Crippen MR) is 68.4 cm³/mol. The minimum Gasteiger partial charge on any atom is -0.383 e. The average Bonchev–Trinajstić information content (AvgIpc) is 2.39. The zero-order valence-corrected chi connectivity index (χ0v) is 10.6. The number of carbonyl (C=O) groups excluding carboxylic acids is 1. The Balaban J connectivity index is 2.63. The highest BCUT2D eigenvalue weighted by Gasteiger charge is 2.10. The van der Waals surface area contributed by atoms with Crippen LogP contribution in [-0.4, -0.2) is 49.5 Å². The first-order valence-electron chi connectivity index (χ1n) is 5.72. The van der Waals surface area contributed by atoms with Crippen molar-refractivity contribution in [1.82, 2.24) is 15.5 Å². The van der Waals surface area contributed by atoms with Crippen LogP contribution < -0.4 is 16.4 Å². The van der Waals surface area contributed by atoms with E-state index in [1.165, 1.54) is 0 Å². The van der Waals surface area contributed by atoms with E-state index < -0.39 is 0 Å². The number of amides is 1. The van der Waals surface area contributed by atoms with Gasteiger partial charge in [0.05, 0.1) is 12.6 Å². The minimum absolute atomic E-state index is 0.0835. The molecule has 0 bridgehead atoms. The van der Waals surface area contributed by atoms with Gasteiger partial charge in [-0.1, -0.05) is 0 Å². The zero-order valence-electron chi connectivity index (χ0n) is 10.6. The van der Waals surface area contributed by atoms with Crippen LogP contribution in [0.25, 0.3) is 0 Å². The number of ether oxygens (including phenoxy) is 1. The van der Waals surface area contributed by atoms with Crippen LogP contribution in [0.15, 0.2) is 12.1 Å². The molecule has 0 aliphatic rings. The number of nitrogens with one attached hydrogen (secondary N) is 2. The second-order valence-corrected chi connectivity index (χ2v) is 3.76. The highest BCUT2D eigenvalue weighted by Crippen LogP contribution is 2.06. The molecule has 1 aromatic heterocycles. The molecule has 1 rings (SSSR count). The van der Waals surface area contributed by atoms with E-state index in [0.29, 0.717) is 19.0 Å². The molecular weight excluding hydrogens is 234 g/mol. The van der Waals surface area contributed by atoms with Crippen molar-refractivity contribution in [2.75, 3.05) is 32.6 Å². The maximum Gasteiger partial charge on any atom is 0.271 e. The van der Waals surface area contributed by atoms with E-state index >= 15 is 0 Å². The number of nitrogens with two attached hydrogens (primary N) is 1. The van der Waals surface area contributed by atoms with Crippen molar-refractivity contribution in [1.29, 1.82) is 0 Å². The van der Waals surface area contributed by atoms with Crippen molar-refractivity contribution < 1.29 is 9.53 Å². The molecule has 0 fully saturated rings. The van der Waals surface area contributed by atoms with E-state index in [2.05, 4.69) is 20.8 Å². The van der Waals surface area contributed by atoms with E-state index in [-0.39, 0.29) is 17.6 Å². The van der Waals surface area contributed by atoms with E-state index in [1.807, 2.05) is 0 Å². The van der Waals surface area contributed by atoms with E-state index in [1.54, 1.807) is 26.3 Å². The van der Waals surface area contributed by atoms with Crippen molar-refractivity contribution in [2.24, 2.45) is 5.73 Å². The molecule has 0 aliphatic heterocycles. The molecule has 1 unspecified atom stereocenters. The monoisotopic (exact) mass is 253 g/mol. The van der Waals surface area contributed by atoms with Crippen LogP contribution >= 0.6 is 0 Å². The molecule has 1 aromatic rings. The summed E-state index contributed by atoms with van der Waals surface area (Å²) in [7, 11) is 3.18. The molecule has 0 spiro atoms. The number of anilines is 1. The van der Waals surface area contributed by atoms with Gasteiger partial charge in [0.1, 0.15) is 5.82 Å². The first kappa shape index (κ1) is 14.3. The highest BCUT2D eigenvalue weighted by atomic mass is 16.5. The summed E-state index contributed by atoms with van der Waals surface area (Å²) < 4.78 is 5.08. The molecule has 0 radical (unpaired) electrons. The third kappa shape index (κ3) is 4.27. The number of aromatic nitrogens is 2. The molecule has 0 saturated carbocycles. The number of hydrogen-bond acceptors (Lipinski definition) is 6. The lowest BCUT2D eigenvalue weighted by molar-refractivity contribution is 0.0957. The summed E-state index contributed by atoms with van der Waals surface area (Å²) in [4.78, 5) is 11.3. The largest absolute Gasteiger partial charge is 0.383 e. The normalized spacial score (nSPS) is 11.9. The van der Waals surface area contributed by atoms with Gasteiger partial charge in [0, 0.05) is 14.2 Å². The molecule has 1 atom stereocenters. The van der Waals surface area contributed by atoms with Crippen molar-refractivity contribution in [3.05, 3.63) is 17.8 Å². The summed E-state index contributed by atoms with van der Waals surface area (Å²) in [6.45, 7) is 1.10. The standard InChI is InChI=1S/C11H19N5O2/c1-13-11(17)9-3-4-10(16-15-9)14-8(5-6-12)7-18-2/h3-4,8H,5-7,12H2,1-2H3,(H,13,17)(H,14,16). The topological polar surface area (TPSA) is 102 Å². The maximum atomic E-state index is 11.3. The third-order valence-corrected chi connectivity index (χ3v) is 2.36. The fourth-order valence-electron chi connectivity index (χ4n) is 1.47. The summed E-state index contributed by atoms with van der Waals surface area (Å²) >= 11 is 0. The first-order valence-corrected chi connectivity index (χ1v) is 5.72. The van der Waals surface area contributed by atoms with Gasteiger partial charge < -0.3 is 21.1 Å². The van der Waals surface area contributed by atoms with Gasteiger partial charge in [-0.05, 0) is 25.1 Å². The summed E-state index contributed by atoms with van der Waals surface area (Å²) in [5.41, 5.74) is 5.79. The highest BCUT2D eigenvalue weighted by molar-refractivity contribution is 5.91. The lowest BCUT2D eigenvalue weighted by Crippen LogP contribution is -2.28. The molecule has 0 saturated heterocycles. The second kappa shape index (κ2) is 7.57. The summed E-state index contributed by atoms with van der Waals surface area (Å²) in [5, 5.41) is 13.4. The van der Waals surface area contributed by atoms with Crippen LogP contribution in [-0.2, 0) is 4.74 Å². The van der Waals surface area contributed by atoms with Crippen molar-refractivity contribution >= 4 is 11.7 Å². The zero-order chi connectivity index (χ0) is 13.4. The fraction of sp³-hybridized carbons (Fsp3) is 0.545. The van der Waals surface area contributed by atoms with E-state index in [4.69, 9.17) is 10.5 Å². The fourth-order valence-corrected chi connectivity index (χ4v) is 1.47. The van der Waals surface area contributed by atoms with Crippen molar-refractivity contribution in [3.63, 3.8) is 0 Å². The minimum atomic E-state index is -0.260. The van der Waals surface area contributed by atoms with Crippen LogP contribution in [0.3, 0.4) is 0 Å². The summed E-state index contributed by atoms with van der Waals surface area (Å²) in [6.07, 6.45) is 0.771. The first-order chi connectivity index (χ1) is 8.71. The van der Waals surface area contributed by atoms with Crippen molar-refractivity contribution in [2.45, 2.75) is 12.5 Å². The molecule has 1 amide bonds.